The molecule has 0 atom stereocenters. The van der Waals surface area contributed by atoms with Crippen LogP contribution in [0.3, 0.4) is 0 Å². The van der Waals surface area contributed by atoms with E-state index in [9.17, 15) is 18.0 Å². The molecule has 9 nitrogen and oxygen atoms in total. The zero-order valence-electron chi connectivity index (χ0n) is 18.0. The zero-order chi connectivity index (χ0) is 23.1. The number of carbonyl (C=O) groups excluding carboxylic acids is 2. The Morgan fingerprint density at radius 2 is 1.72 bits per heavy atom. The SMILES string of the molecule is Cc1cc(C)cc(OCC(=O)OCC(=O)Nc2cccc(S(=O)(=O)N3CCOCC3)c2)c1. The van der Waals surface area contributed by atoms with Crippen molar-refractivity contribution in [2.75, 3.05) is 44.8 Å². The fourth-order valence-corrected chi connectivity index (χ4v) is 4.67. The number of anilines is 1. The van der Waals surface area contributed by atoms with E-state index in [1.54, 1.807) is 18.2 Å². The number of benzene rings is 2. The van der Waals surface area contributed by atoms with Crippen LogP contribution in [0.5, 0.6) is 5.75 Å². The Morgan fingerprint density at radius 1 is 1.03 bits per heavy atom. The lowest BCUT2D eigenvalue weighted by Crippen LogP contribution is -2.40. The number of hydrogen-bond acceptors (Lipinski definition) is 7. The molecule has 0 saturated carbocycles. The summed E-state index contributed by atoms with van der Waals surface area (Å²) >= 11 is 0. The molecule has 1 fully saturated rings. The number of ether oxygens (including phenoxy) is 3. The van der Waals surface area contributed by atoms with E-state index in [-0.39, 0.29) is 30.3 Å². The van der Waals surface area contributed by atoms with Crippen molar-refractivity contribution in [3.05, 3.63) is 53.6 Å². The largest absolute Gasteiger partial charge is 0.482 e. The van der Waals surface area contributed by atoms with Crippen LogP contribution in [-0.4, -0.2) is 64.1 Å². The number of rotatable bonds is 8. The summed E-state index contributed by atoms with van der Waals surface area (Å²) < 4.78 is 42.4. The monoisotopic (exact) mass is 462 g/mol. The molecule has 0 radical (unpaired) electrons. The first-order valence-electron chi connectivity index (χ1n) is 10.1. The van der Waals surface area contributed by atoms with Crippen molar-refractivity contribution < 1.29 is 32.2 Å². The van der Waals surface area contributed by atoms with Gasteiger partial charge in [-0.1, -0.05) is 12.1 Å². The van der Waals surface area contributed by atoms with Gasteiger partial charge in [-0.3, -0.25) is 4.79 Å². The molecular formula is C22H26N2O7S. The molecule has 2 aromatic rings. The molecule has 1 N–H and O–H groups in total. The number of esters is 1. The number of nitrogens with zero attached hydrogens (tertiary/aromatic N) is 1. The summed E-state index contributed by atoms with van der Waals surface area (Å²) in [4.78, 5) is 24.1. The maximum absolute atomic E-state index is 12.7. The lowest BCUT2D eigenvalue weighted by molar-refractivity contribution is -0.149. The summed E-state index contributed by atoms with van der Waals surface area (Å²) in [6.07, 6.45) is 0. The summed E-state index contributed by atoms with van der Waals surface area (Å²) in [5.41, 5.74) is 2.29. The summed E-state index contributed by atoms with van der Waals surface area (Å²) in [5.74, 6) is -0.740. The fourth-order valence-electron chi connectivity index (χ4n) is 3.21. The van der Waals surface area contributed by atoms with Gasteiger partial charge in [0.1, 0.15) is 5.75 Å². The second-order valence-corrected chi connectivity index (χ2v) is 9.30. The van der Waals surface area contributed by atoms with Crippen molar-refractivity contribution in [2.45, 2.75) is 18.7 Å². The van der Waals surface area contributed by atoms with E-state index in [0.717, 1.165) is 11.1 Å². The summed E-state index contributed by atoms with van der Waals surface area (Å²) in [5, 5.41) is 2.54. The van der Waals surface area contributed by atoms with E-state index in [1.165, 1.54) is 22.5 Å². The molecule has 172 valence electrons. The van der Waals surface area contributed by atoms with Crippen LogP contribution in [0.4, 0.5) is 5.69 Å². The standard InChI is InChI=1S/C22H26N2O7S/c1-16-10-17(2)12-19(11-16)30-15-22(26)31-14-21(25)23-18-4-3-5-20(13-18)32(27,28)24-6-8-29-9-7-24/h3-5,10-13H,6-9,14-15H2,1-2H3,(H,23,25). The number of sulfonamides is 1. The van der Waals surface area contributed by atoms with Crippen LogP contribution < -0.4 is 10.1 Å². The van der Waals surface area contributed by atoms with E-state index in [1.807, 2.05) is 19.9 Å². The van der Waals surface area contributed by atoms with Gasteiger partial charge in [-0.2, -0.15) is 4.31 Å². The normalized spacial score (nSPS) is 14.6. The second kappa shape index (κ2) is 10.6. The van der Waals surface area contributed by atoms with Crippen LogP contribution in [0, 0.1) is 13.8 Å². The van der Waals surface area contributed by atoms with Crippen LogP contribution in [0.25, 0.3) is 0 Å². The average molecular weight is 463 g/mol. The summed E-state index contributed by atoms with van der Waals surface area (Å²) in [6.45, 7) is 4.23. The molecule has 10 heteroatoms. The first kappa shape index (κ1) is 23.7. The zero-order valence-corrected chi connectivity index (χ0v) is 18.8. The summed E-state index contributed by atoms with van der Waals surface area (Å²) in [6, 6.07) is 11.5. The van der Waals surface area contributed by atoms with Crippen molar-refractivity contribution in [3.8, 4) is 5.75 Å². The van der Waals surface area contributed by atoms with Crippen molar-refractivity contribution in [1.29, 1.82) is 0 Å². The molecule has 1 heterocycles. The van der Waals surface area contributed by atoms with Crippen LogP contribution >= 0.6 is 0 Å². The first-order valence-corrected chi connectivity index (χ1v) is 11.5. The van der Waals surface area contributed by atoms with Gasteiger partial charge in [0.15, 0.2) is 13.2 Å². The minimum Gasteiger partial charge on any atom is -0.482 e. The third-order valence-corrected chi connectivity index (χ3v) is 6.54. The molecule has 32 heavy (non-hydrogen) atoms. The highest BCUT2D eigenvalue weighted by atomic mass is 32.2. The van der Waals surface area contributed by atoms with Crippen molar-refractivity contribution >= 4 is 27.6 Å². The summed E-state index contributed by atoms with van der Waals surface area (Å²) in [7, 11) is -3.69. The highest BCUT2D eigenvalue weighted by molar-refractivity contribution is 7.89. The van der Waals surface area contributed by atoms with Gasteiger partial charge < -0.3 is 19.5 Å². The van der Waals surface area contributed by atoms with Gasteiger partial charge in [-0.15, -0.1) is 0 Å². The third-order valence-electron chi connectivity index (χ3n) is 4.64. The minimum atomic E-state index is -3.69. The molecule has 0 bridgehead atoms. The van der Waals surface area contributed by atoms with E-state index in [0.29, 0.717) is 19.0 Å². The Labute approximate surface area is 187 Å². The van der Waals surface area contributed by atoms with Gasteiger partial charge in [0.25, 0.3) is 5.91 Å². The second-order valence-electron chi connectivity index (χ2n) is 7.37. The number of carbonyl (C=O) groups is 2. The lowest BCUT2D eigenvalue weighted by atomic mass is 10.1. The predicted octanol–water partition coefficient (Wildman–Crippen LogP) is 1.89. The third kappa shape index (κ3) is 6.52. The van der Waals surface area contributed by atoms with Crippen molar-refractivity contribution in [1.82, 2.24) is 4.31 Å². The number of nitrogens with one attached hydrogen (secondary N) is 1. The Morgan fingerprint density at radius 3 is 2.41 bits per heavy atom. The Kier molecular flexibility index (Phi) is 7.84. The molecular weight excluding hydrogens is 436 g/mol. The quantitative estimate of drug-likeness (QED) is 0.596. The smallest absolute Gasteiger partial charge is 0.344 e. The predicted molar refractivity (Wildman–Crippen MR) is 117 cm³/mol. The van der Waals surface area contributed by atoms with Crippen LogP contribution in [0.1, 0.15) is 11.1 Å². The Hall–Kier alpha value is -2.95. The molecule has 0 aromatic heterocycles. The lowest BCUT2D eigenvalue weighted by Gasteiger charge is -2.26. The van der Waals surface area contributed by atoms with Gasteiger partial charge in [0.05, 0.1) is 18.1 Å². The molecule has 1 aliphatic heterocycles. The molecule has 3 rings (SSSR count). The number of morpholine rings is 1. The number of amides is 1. The molecule has 1 amide bonds. The minimum absolute atomic E-state index is 0.0658. The van der Waals surface area contributed by atoms with Gasteiger partial charge in [0, 0.05) is 18.8 Å². The van der Waals surface area contributed by atoms with E-state index < -0.39 is 28.5 Å². The molecule has 0 spiro atoms. The molecule has 0 unspecified atom stereocenters. The topological polar surface area (TPSA) is 111 Å². The molecule has 1 saturated heterocycles. The van der Waals surface area contributed by atoms with Crippen LogP contribution in [-0.2, 0) is 29.1 Å². The van der Waals surface area contributed by atoms with E-state index in [2.05, 4.69) is 5.32 Å². The van der Waals surface area contributed by atoms with Crippen LogP contribution in [0.15, 0.2) is 47.4 Å². The van der Waals surface area contributed by atoms with Crippen molar-refractivity contribution in [3.63, 3.8) is 0 Å². The maximum Gasteiger partial charge on any atom is 0.344 e. The van der Waals surface area contributed by atoms with Gasteiger partial charge in [0.2, 0.25) is 10.0 Å². The van der Waals surface area contributed by atoms with Gasteiger partial charge in [-0.25, -0.2) is 13.2 Å². The highest BCUT2D eigenvalue weighted by Gasteiger charge is 2.26. The molecule has 0 aliphatic carbocycles. The highest BCUT2D eigenvalue weighted by Crippen LogP contribution is 2.20. The van der Waals surface area contributed by atoms with Crippen LogP contribution in [0.2, 0.25) is 0 Å². The Balaban J connectivity index is 1.50. The molecule has 1 aliphatic rings. The maximum atomic E-state index is 12.7. The van der Waals surface area contributed by atoms with E-state index >= 15 is 0 Å². The van der Waals surface area contributed by atoms with Crippen molar-refractivity contribution in [2.24, 2.45) is 0 Å². The number of hydrogen-bond donors (Lipinski definition) is 1. The molecule has 2 aromatic carbocycles. The fraction of sp³-hybridized carbons (Fsp3) is 0.364. The average Bonchev–Trinajstić information content (AvgIpc) is 2.76. The van der Waals surface area contributed by atoms with Gasteiger partial charge >= 0.3 is 5.97 Å². The van der Waals surface area contributed by atoms with Gasteiger partial charge in [-0.05, 0) is 55.3 Å². The Bertz CT molecular complexity index is 1060. The first-order chi connectivity index (χ1) is 15.2. The van der Waals surface area contributed by atoms with E-state index in [4.69, 9.17) is 14.2 Å². The number of aryl methyl sites for hydroxylation is 2.